The molecule has 0 amide bonds. The summed E-state index contributed by atoms with van der Waals surface area (Å²) in [6.07, 6.45) is 2.87. The number of nitrogen functional groups attached to an aromatic ring is 1. The molecule has 2 rings (SSSR count). The predicted octanol–water partition coefficient (Wildman–Crippen LogP) is 3.08. The largest absolute Gasteiger partial charge is 0.462 e. The molecule has 3 N–H and O–H groups in total. The minimum atomic E-state index is -0.402. The highest BCUT2D eigenvalue weighted by Crippen LogP contribution is 2.24. The molecule has 6 heteroatoms. The highest BCUT2D eigenvalue weighted by Gasteiger charge is 2.13. The van der Waals surface area contributed by atoms with Crippen LogP contribution < -0.4 is 11.1 Å². The summed E-state index contributed by atoms with van der Waals surface area (Å²) >= 11 is 1.67. The number of rotatable bonds is 6. The van der Waals surface area contributed by atoms with Gasteiger partial charge in [0.25, 0.3) is 0 Å². The number of nitrogens with one attached hydrogen (secondary N) is 1. The average Bonchev–Trinajstić information content (AvgIpc) is 2.94. The Labute approximate surface area is 128 Å². The number of carbonyl (C=O) groups is 1. The van der Waals surface area contributed by atoms with Gasteiger partial charge in [0, 0.05) is 11.1 Å². The van der Waals surface area contributed by atoms with Gasteiger partial charge < -0.3 is 15.8 Å². The molecule has 2 aromatic rings. The molecule has 5 nitrogen and oxygen atoms in total. The molecule has 1 heterocycles. The van der Waals surface area contributed by atoms with Gasteiger partial charge in [-0.2, -0.15) is 0 Å². The molecule has 0 aliphatic rings. The molecule has 0 saturated carbocycles. The average molecular weight is 305 g/mol. The van der Waals surface area contributed by atoms with Crippen molar-refractivity contribution in [2.45, 2.75) is 26.8 Å². The van der Waals surface area contributed by atoms with Crippen LogP contribution in [0.2, 0.25) is 0 Å². The zero-order valence-corrected chi connectivity index (χ0v) is 13.0. The molecule has 0 spiro atoms. The molecule has 0 saturated heterocycles. The van der Waals surface area contributed by atoms with Crippen LogP contribution in [0.25, 0.3) is 0 Å². The van der Waals surface area contributed by atoms with Crippen molar-refractivity contribution in [1.82, 2.24) is 4.98 Å². The molecule has 0 unspecified atom stereocenters. The number of nitrogens with zero attached hydrogens (tertiary/aromatic N) is 1. The lowest BCUT2D eigenvalue weighted by Crippen LogP contribution is -2.10. The maximum Gasteiger partial charge on any atom is 0.340 e. The van der Waals surface area contributed by atoms with E-state index in [1.807, 2.05) is 12.3 Å². The van der Waals surface area contributed by atoms with Crippen molar-refractivity contribution in [1.29, 1.82) is 0 Å². The number of hydrogen-bond donors (Lipinski definition) is 2. The van der Waals surface area contributed by atoms with Crippen molar-refractivity contribution in [3.05, 3.63) is 39.8 Å². The summed E-state index contributed by atoms with van der Waals surface area (Å²) in [7, 11) is 0. The Balaban J connectivity index is 2.09. The van der Waals surface area contributed by atoms with Gasteiger partial charge >= 0.3 is 5.97 Å². The van der Waals surface area contributed by atoms with E-state index in [9.17, 15) is 4.79 Å². The van der Waals surface area contributed by atoms with Gasteiger partial charge in [-0.3, -0.25) is 0 Å². The topological polar surface area (TPSA) is 77.2 Å². The van der Waals surface area contributed by atoms with Crippen LogP contribution in [0, 0.1) is 0 Å². The van der Waals surface area contributed by atoms with E-state index in [0.29, 0.717) is 30.1 Å². The summed E-state index contributed by atoms with van der Waals surface area (Å²) in [5.74, 6) is -0.402. The van der Waals surface area contributed by atoms with Crippen molar-refractivity contribution < 1.29 is 9.53 Å². The van der Waals surface area contributed by atoms with Crippen molar-refractivity contribution in [2.75, 3.05) is 17.7 Å². The SMILES string of the molecule is CCOC(=O)c1cccc(NCc2ncc(CC)s2)c1N. The third-order valence-corrected chi connectivity index (χ3v) is 4.12. The second-order valence-electron chi connectivity index (χ2n) is 4.41. The number of carbonyl (C=O) groups excluding carboxylic acids is 1. The van der Waals surface area contributed by atoms with Gasteiger partial charge in [-0.1, -0.05) is 13.0 Å². The highest BCUT2D eigenvalue weighted by atomic mass is 32.1. The number of esters is 1. The molecule has 0 aliphatic carbocycles. The Morgan fingerprint density at radius 3 is 2.90 bits per heavy atom. The molecule has 112 valence electrons. The Kier molecular flexibility index (Phi) is 5.16. The summed E-state index contributed by atoms with van der Waals surface area (Å²) in [6.45, 7) is 4.78. The molecule has 0 radical (unpaired) electrons. The first-order valence-electron chi connectivity index (χ1n) is 6.88. The van der Waals surface area contributed by atoms with Crippen LogP contribution in [0.3, 0.4) is 0 Å². The number of para-hydroxylation sites is 1. The first kappa shape index (κ1) is 15.3. The lowest BCUT2D eigenvalue weighted by molar-refractivity contribution is 0.0527. The van der Waals surface area contributed by atoms with Gasteiger partial charge in [0.1, 0.15) is 5.01 Å². The second kappa shape index (κ2) is 7.08. The second-order valence-corrected chi connectivity index (χ2v) is 5.61. The third-order valence-electron chi connectivity index (χ3n) is 2.98. The van der Waals surface area contributed by atoms with E-state index in [0.717, 1.165) is 11.4 Å². The number of aromatic nitrogens is 1. The molecule has 0 bridgehead atoms. The van der Waals surface area contributed by atoms with E-state index in [2.05, 4.69) is 17.2 Å². The molecular weight excluding hydrogens is 286 g/mol. The smallest absolute Gasteiger partial charge is 0.340 e. The molecule has 0 fully saturated rings. The Morgan fingerprint density at radius 2 is 2.24 bits per heavy atom. The van der Waals surface area contributed by atoms with Crippen molar-refractivity contribution in [2.24, 2.45) is 0 Å². The highest BCUT2D eigenvalue weighted by molar-refractivity contribution is 7.11. The van der Waals surface area contributed by atoms with Crippen LogP contribution >= 0.6 is 11.3 Å². The van der Waals surface area contributed by atoms with E-state index < -0.39 is 5.97 Å². The Bertz CT molecular complexity index is 625. The zero-order chi connectivity index (χ0) is 15.2. The molecule has 21 heavy (non-hydrogen) atoms. The van der Waals surface area contributed by atoms with Crippen LogP contribution in [0.15, 0.2) is 24.4 Å². The summed E-state index contributed by atoms with van der Waals surface area (Å²) in [5, 5.41) is 4.21. The fourth-order valence-electron chi connectivity index (χ4n) is 1.87. The Hall–Kier alpha value is -2.08. The summed E-state index contributed by atoms with van der Waals surface area (Å²) < 4.78 is 4.99. The minimum Gasteiger partial charge on any atom is -0.462 e. The number of benzene rings is 1. The number of nitrogens with two attached hydrogens (primary N) is 1. The van der Waals surface area contributed by atoms with Crippen LogP contribution in [-0.2, 0) is 17.7 Å². The lowest BCUT2D eigenvalue weighted by Gasteiger charge is -2.11. The van der Waals surface area contributed by atoms with Crippen molar-refractivity contribution in [3.63, 3.8) is 0 Å². The zero-order valence-electron chi connectivity index (χ0n) is 12.2. The number of thiazole rings is 1. The predicted molar refractivity (Wildman–Crippen MR) is 85.6 cm³/mol. The van der Waals surface area contributed by atoms with Crippen molar-refractivity contribution in [3.8, 4) is 0 Å². The van der Waals surface area contributed by atoms with Gasteiger partial charge in [0.2, 0.25) is 0 Å². The number of hydrogen-bond acceptors (Lipinski definition) is 6. The molecule has 0 aliphatic heterocycles. The first-order chi connectivity index (χ1) is 10.2. The third kappa shape index (κ3) is 3.72. The monoisotopic (exact) mass is 305 g/mol. The quantitative estimate of drug-likeness (QED) is 0.633. The fraction of sp³-hybridized carbons (Fsp3) is 0.333. The summed E-state index contributed by atoms with van der Waals surface area (Å²) in [6, 6.07) is 5.29. The number of ether oxygens (including phenoxy) is 1. The summed E-state index contributed by atoms with van der Waals surface area (Å²) in [5.41, 5.74) is 7.54. The van der Waals surface area contributed by atoms with Crippen molar-refractivity contribution >= 4 is 28.7 Å². The van der Waals surface area contributed by atoms with Crippen LogP contribution in [0.1, 0.15) is 34.1 Å². The number of aryl methyl sites for hydroxylation is 1. The van der Waals surface area contributed by atoms with Crippen LogP contribution in [-0.4, -0.2) is 17.6 Å². The van der Waals surface area contributed by atoms with Gasteiger partial charge in [-0.05, 0) is 25.5 Å². The van der Waals surface area contributed by atoms with Gasteiger partial charge in [0.05, 0.1) is 30.1 Å². The lowest BCUT2D eigenvalue weighted by atomic mass is 10.1. The van der Waals surface area contributed by atoms with Gasteiger partial charge in [-0.25, -0.2) is 9.78 Å². The van der Waals surface area contributed by atoms with E-state index in [4.69, 9.17) is 10.5 Å². The Morgan fingerprint density at radius 1 is 1.43 bits per heavy atom. The van der Waals surface area contributed by atoms with E-state index >= 15 is 0 Å². The molecule has 0 atom stereocenters. The fourth-order valence-corrected chi connectivity index (χ4v) is 2.67. The van der Waals surface area contributed by atoms with Crippen LogP contribution in [0.5, 0.6) is 0 Å². The molecular formula is C15H19N3O2S. The van der Waals surface area contributed by atoms with Crippen LogP contribution in [0.4, 0.5) is 11.4 Å². The summed E-state index contributed by atoms with van der Waals surface area (Å²) in [4.78, 5) is 17.4. The van der Waals surface area contributed by atoms with E-state index in [-0.39, 0.29) is 0 Å². The van der Waals surface area contributed by atoms with Gasteiger partial charge in [0.15, 0.2) is 0 Å². The normalized spacial score (nSPS) is 10.4. The van der Waals surface area contributed by atoms with Gasteiger partial charge in [-0.15, -0.1) is 11.3 Å². The maximum absolute atomic E-state index is 11.8. The maximum atomic E-state index is 11.8. The minimum absolute atomic E-state index is 0.328. The van der Waals surface area contributed by atoms with E-state index in [1.165, 1.54) is 4.88 Å². The number of anilines is 2. The first-order valence-corrected chi connectivity index (χ1v) is 7.70. The molecule has 1 aromatic heterocycles. The molecule has 1 aromatic carbocycles. The van der Waals surface area contributed by atoms with E-state index in [1.54, 1.807) is 30.4 Å². The standard InChI is InChI=1S/C15H19N3O2S/c1-3-10-8-18-13(21-10)9-17-12-7-5-6-11(14(12)16)15(19)20-4-2/h5-8,17H,3-4,9,16H2,1-2H3.